The van der Waals surface area contributed by atoms with Crippen molar-refractivity contribution in [3.63, 3.8) is 0 Å². The van der Waals surface area contributed by atoms with Crippen LogP contribution in [0.1, 0.15) is 17.3 Å². The minimum atomic E-state index is -1.72. The SMILES string of the molecule is C[C@@H](OC(=O)c1ccccc1Oc1ccccc1)C(=O)Nc1ccc(F)c(F)c1F. The molecule has 0 saturated heterocycles. The van der Waals surface area contributed by atoms with Crippen LogP contribution >= 0.6 is 0 Å². The molecule has 0 aromatic heterocycles. The summed E-state index contributed by atoms with van der Waals surface area (Å²) in [7, 11) is 0. The predicted molar refractivity (Wildman–Crippen MR) is 103 cm³/mol. The van der Waals surface area contributed by atoms with Gasteiger partial charge in [0, 0.05) is 0 Å². The van der Waals surface area contributed by atoms with Crippen LogP contribution in [-0.2, 0) is 9.53 Å². The number of ether oxygens (including phenoxy) is 2. The summed E-state index contributed by atoms with van der Waals surface area (Å²) in [6, 6.07) is 16.6. The highest BCUT2D eigenvalue weighted by atomic mass is 19.2. The van der Waals surface area contributed by atoms with E-state index >= 15 is 0 Å². The van der Waals surface area contributed by atoms with Crippen molar-refractivity contribution in [2.24, 2.45) is 0 Å². The van der Waals surface area contributed by atoms with Gasteiger partial charge in [0.05, 0.1) is 5.69 Å². The second-order valence-corrected chi connectivity index (χ2v) is 6.17. The quantitative estimate of drug-likeness (QED) is 0.451. The maximum atomic E-state index is 13.7. The third kappa shape index (κ3) is 4.78. The van der Waals surface area contributed by atoms with Crippen LogP contribution in [0.4, 0.5) is 18.9 Å². The number of nitrogens with one attached hydrogen (secondary N) is 1. The van der Waals surface area contributed by atoms with Crippen LogP contribution in [0.5, 0.6) is 11.5 Å². The number of hydrogen-bond donors (Lipinski definition) is 1. The van der Waals surface area contributed by atoms with E-state index in [2.05, 4.69) is 5.32 Å². The zero-order valence-corrected chi connectivity index (χ0v) is 15.7. The summed E-state index contributed by atoms with van der Waals surface area (Å²) < 4.78 is 50.8. The van der Waals surface area contributed by atoms with Crippen LogP contribution in [-0.4, -0.2) is 18.0 Å². The molecule has 0 fully saturated rings. The summed E-state index contributed by atoms with van der Waals surface area (Å²) in [6.45, 7) is 1.26. The van der Waals surface area contributed by atoms with Gasteiger partial charge >= 0.3 is 5.97 Å². The van der Waals surface area contributed by atoms with Gasteiger partial charge in [0.25, 0.3) is 5.91 Å². The number of carbonyl (C=O) groups excluding carboxylic acids is 2. The molecule has 3 aromatic rings. The Kier molecular flexibility index (Phi) is 6.36. The topological polar surface area (TPSA) is 64.6 Å². The fourth-order valence-corrected chi connectivity index (χ4v) is 2.47. The standard InChI is InChI=1S/C22H16F3NO4/c1-13(21(27)26-17-12-11-16(23)19(24)20(17)25)29-22(28)15-9-5-6-10-18(15)30-14-7-3-2-4-8-14/h2-13H,1H3,(H,26,27)/t13-/m1/s1. The lowest BCUT2D eigenvalue weighted by atomic mass is 10.2. The number of rotatable bonds is 6. The van der Waals surface area contributed by atoms with E-state index in [1.54, 1.807) is 42.5 Å². The number of hydrogen-bond acceptors (Lipinski definition) is 4. The molecule has 0 heterocycles. The average molecular weight is 415 g/mol. The summed E-state index contributed by atoms with van der Waals surface area (Å²) in [6.07, 6.45) is -1.35. The minimum absolute atomic E-state index is 0.0695. The van der Waals surface area contributed by atoms with Crippen LogP contribution in [0.3, 0.4) is 0 Å². The van der Waals surface area contributed by atoms with Crippen LogP contribution in [0, 0.1) is 17.5 Å². The Hall–Kier alpha value is -3.81. The molecule has 1 amide bonds. The zero-order chi connectivity index (χ0) is 21.7. The molecule has 30 heavy (non-hydrogen) atoms. The van der Waals surface area contributed by atoms with E-state index in [1.807, 2.05) is 6.07 Å². The molecule has 0 saturated carbocycles. The third-order valence-corrected chi connectivity index (χ3v) is 4.02. The van der Waals surface area contributed by atoms with E-state index < -0.39 is 41.1 Å². The molecule has 1 atom stereocenters. The van der Waals surface area contributed by atoms with Crippen LogP contribution in [0.25, 0.3) is 0 Å². The van der Waals surface area contributed by atoms with Gasteiger partial charge in [0.2, 0.25) is 0 Å². The zero-order valence-electron chi connectivity index (χ0n) is 15.7. The molecule has 3 aromatic carbocycles. The van der Waals surface area contributed by atoms with E-state index in [0.717, 1.165) is 6.07 Å². The predicted octanol–water partition coefficient (Wildman–Crippen LogP) is 5.08. The van der Waals surface area contributed by atoms with E-state index in [-0.39, 0.29) is 11.3 Å². The van der Waals surface area contributed by atoms with Crippen molar-refractivity contribution in [2.75, 3.05) is 5.32 Å². The molecule has 0 radical (unpaired) electrons. The van der Waals surface area contributed by atoms with Crippen molar-refractivity contribution in [2.45, 2.75) is 13.0 Å². The van der Waals surface area contributed by atoms with Crippen LogP contribution < -0.4 is 10.1 Å². The number of carbonyl (C=O) groups is 2. The highest BCUT2D eigenvalue weighted by Crippen LogP contribution is 2.26. The Morgan fingerprint density at radius 3 is 2.27 bits per heavy atom. The Morgan fingerprint density at radius 1 is 0.867 bits per heavy atom. The Balaban J connectivity index is 1.70. The van der Waals surface area contributed by atoms with E-state index in [1.165, 1.54) is 13.0 Å². The Labute approximate surface area is 170 Å². The van der Waals surface area contributed by atoms with Crippen molar-refractivity contribution in [1.82, 2.24) is 0 Å². The largest absolute Gasteiger partial charge is 0.456 e. The highest BCUT2D eigenvalue weighted by Gasteiger charge is 2.23. The molecule has 0 aliphatic rings. The fraction of sp³-hybridized carbons (Fsp3) is 0.0909. The molecule has 0 aliphatic heterocycles. The first-order valence-electron chi connectivity index (χ1n) is 8.84. The number of anilines is 1. The minimum Gasteiger partial charge on any atom is -0.456 e. The molecule has 0 aliphatic carbocycles. The lowest BCUT2D eigenvalue weighted by molar-refractivity contribution is -0.123. The van der Waals surface area contributed by atoms with Crippen molar-refractivity contribution in [3.05, 3.63) is 89.7 Å². The van der Waals surface area contributed by atoms with Gasteiger partial charge in [-0.05, 0) is 43.3 Å². The van der Waals surface area contributed by atoms with Gasteiger partial charge in [-0.2, -0.15) is 0 Å². The summed E-state index contributed by atoms with van der Waals surface area (Å²) in [5.41, 5.74) is -0.505. The molecule has 1 N–H and O–H groups in total. The first-order valence-corrected chi connectivity index (χ1v) is 8.84. The molecule has 0 unspecified atom stereocenters. The molecule has 0 bridgehead atoms. The third-order valence-electron chi connectivity index (χ3n) is 4.02. The van der Waals surface area contributed by atoms with Gasteiger partial charge in [0.15, 0.2) is 23.6 Å². The van der Waals surface area contributed by atoms with Gasteiger partial charge in [-0.1, -0.05) is 30.3 Å². The Bertz CT molecular complexity index is 1070. The second kappa shape index (κ2) is 9.13. The molecule has 5 nitrogen and oxygen atoms in total. The lowest BCUT2D eigenvalue weighted by Crippen LogP contribution is -2.30. The monoisotopic (exact) mass is 415 g/mol. The summed E-state index contributed by atoms with van der Waals surface area (Å²) >= 11 is 0. The second-order valence-electron chi connectivity index (χ2n) is 6.17. The average Bonchev–Trinajstić information content (AvgIpc) is 2.75. The van der Waals surface area contributed by atoms with E-state index in [0.29, 0.717) is 11.8 Å². The van der Waals surface area contributed by atoms with E-state index in [4.69, 9.17) is 9.47 Å². The highest BCUT2D eigenvalue weighted by molar-refractivity contribution is 5.98. The number of benzene rings is 3. The van der Waals surface area contributed by atoms with Crippen molar-refractivity contribution in [1.29, 1.82) is 0 Å². The smallest absolute Gasteiger partial charge is 0.342 e. The van der Waals surface area contributed by atoms with Gasteiger partial charge in [-0.15, -0.1) is 0 Å². The van der Waals surface area contributed by atoms with Crippen LogP contribution in [0.15, 0.2) is 66.7 Å². The van der Waals surface area contributed by atoms with Crippen molar-refractivity contribution in [3.8, 4) is 11.5 Å². The molecular formula is C22H16F3NO4. The number of esters is 1. The van der Waals surface area contributed by atoms with Crippen molar-refractivity contribution >= 4 is 17.6 Å². The number of halogens is 3. The first-order chi connectivity index (χ1) is 14.4. The van der Waals surface area contributed by atoms with Gasteiger partial charge in [-0.25, -0.2) is 18.0 Å². The number of amides is 1. The summed E-state index contributed by atoms with van der Waals surface area (Å²) in [4.78, 5) is 24.7. The van der Waals surface area contributed by atoms with Gasteiger partial charge in [0.1, 0.15) is 17.1 Å². The first kappa shape index (κ1) is 20.9. The van der Waals surface area contributed by atoms with Gasteiger partial charge in [-0.3, -0.25) is 4.79 Å². The van der Waals surface area contributed by atoms with Crippen molar-refractivity contribution < 1.29 is 32.2 Å². The van der Waals surface area contributed by atoms with E-state index in [9.17, 15) is 22.8 Å². The Morgan fingerprint density at radius 2 is 1.53 bits per heavy atom. The summed E-state index contributed by atoms with van der Waals surface area (Å²) in [5, 5.41) is 2.06. The normalized spacial score (nSPS) is 11.5. The lowest BCUT2D eigenvalue weighted by Gasteiger charge is -2.15. The molecule has 154 valence electrons. The molecule has 8 heteroatoms. The number of para-hydroxylation sites is 2. The molecular weight excluding hydrogens is 399 g/mol. The molecule has 0 spiro atoms. The van der Waals surface area contributed by atoms with Crippen LogP contribution in [0.2, 0.25) is 0 Å². The fourth-order valence-electron chi connectivity index (χ4n) is 2.47. The summed E-state index contributed by atoms with van der Waals surface area (Å²) in [5.74, 6) is -5.72. The maximum Gasteiger partial charge on any atom is 0.342 e. The maximum absolute atomic E-state index is 13.7. The van der Waals surface area contributed by atoms with Gasteiger partial charge < -0.3 is 14.8 Å². The molecule has 3 rings (SSSR count).